The summed E-state index contributed by atoms with van der Waals surface area (Å²) >= 11 is 5.76. The van der Waals surface area contributed by atoms with Crippen molar-refractivity contribution in [3.05, 3.63) is 65.2 Å². The maximum atomic E-state index is 11.9. The smallest absolute Gasteiger partial charge is 0.858 e. The molecular formula is C13H8ClLiNNaO3S. The zero-order valence-corrected chi connectivity index (χ0v) is 15.1. The van der Waals surface area contributed by atoms with Gasteiger partial charge in [0.1, 0.15) is 0 Å². The Hall–Kier alpha value is -0.253. The predicted octanol–water partition coefficient (Wildman–Crippen LogP) is -4.36. The van der Waals surface area contributed by atoms with E-state index < -0.39 is 15.9 Å². The van der Waals surface area contributed by atoms with E-state index in [4.69, 9.17) is 11.6 Å². The van der Waals surface area contributed by atoms with Crippen molar-refractivity contribution < 1.29 is 61.9 Å². The predicted molar refractivity (Wildman–Crippen MR) is 70.5 cm³/mol. The van der Waals surface area contributed by atoms with Gasteiger partial charge in [0, 0.05) is 5.90 Å². The average Bonchev–Trinajstić information content (AvgIpc) is 2.39. The van der Waals surface area contributed by atoms with E-state index in [-0.39, 0.29) is 63.9 Å². The molecule has 0 amide bonds. The van der Waals surface area contributed by atoms with Crippen LogP contribution in [0, 0.1) is 6.07 Å². The quantitative estimate of drug-likeness (QED) is 0.248. The molecule has 4 nitrogen and oxygen atoms in total. The molecule has 0 fully saturated rings. The molecule has 0 atom stereocenters. The van der Waals surface area contributed by atoms with Gasteiger partial charge in [0.2, 0.25) is 0 Å². The van der Waals surface area contributed by atoms with Crippen LogP contribution in [-0.4, -0.2) is 14.3 Å². The van der Waals surface area contributed by atoms with E-state index in [0.29, 0.717) is 0 Å². The fraction of sp³-hybridized carbons (Fsp3) is 0. The summed E-state index contributed by atoms with van der Waals surface area (Å²) in [6.45, 7) is 0. The molecule has 0 unspecified atom stereocenters. The first-order valence-corrected chi connectivity index (χ1v) is 7.06. The molecule has 0 saturated carbocycles. The Labute approximate surface area is 162 Å². The van der Waals surface area contributed by atoms with Gasteiger partial charge in [-0.25, -0.2) is 8.42 Å². The average molecular weight is 324 g/mol. The molecule has 0 radical (unpaired) electrons. The third-order valence-corrected chi connectivity index (χ3v) is 3.94. The monoisotopic (exact) mass is 323 g/mol. The van der Waals surface area contributed by atoms with E-state index in [0.717, 1.165) is 0 Å². The van der Waals surface area contributed by atoms with Crippen LogP contribution in [0.2, 0.25) is 5.02 Å². The Kier molecular flexibility index (Phi) is 8.91. The molecule has 0 heterocycles. The van der Waals surface area contributed by atoms with Gasteiger partial charge in [-0.2, -0.15) is 40.3 Å². The van der Waals surface area contributed by atoms with Crippen molar-refractivity contribution in [1.29, 1.82) is 0 Å². The van der Waals surface area contributed by atoms with Crippen LogP contribution in [-0.2, 0) is 10.0 Å². The second kappa shape index (κ2) is 9.01. The van der Waals surface area contributed by atoms with Crippen molar-refractivity contribution >= 4 is 27.5 Å². The van der Waals surface area contributed by atoms with Crippen LogP contribution in [0.3, 0.4) is 0 Å². The zero-order valence-electron chi connectivity index (χ0n) is 11.6. The third kappa shape index (κ3) is 5.46. The summed E-state index contributed by atoms with van der Waals surface area (Å²) in [4.78, 5) is -0.305. The molecule has 0 aliphatic rings. The van der Waals surface area contributed by atoms with E-state index in [1.54, 1.807) is 24.3 Å². The van der Waals surface area contributed by atoms with Crippen molar-refractivity contribution in [3.8, 4) is 0 Å². The van der Waals surface area contributed by atoms with Crippen LogP contribution in [0.15, 0.2) is 57.8 Å². The van der Waals surface area contributed by atoms with Gasteiger partial charge in [-0.15, -0.1) is 0 Å². The van der Waals surface area contributed by atoms with E-state index in [1.165, 1.54) is 24.3 Å². The Morgan fingerprint density at radius 2 is 1.76 bits per heavy atom. The minimum absolute atomic E-state index is 0. The number of benzene rings is 2. The number of hydrogen-bond donors (Lipinski definition) is 0. The number of hydrogen-bond acceptors (Lipinski definition) is 3. The summed E-state index contributed by atoms with van der Waals surface area (Å²) in [5.74, 6) is -0.839. The largest absolute Gasteiger partial charge is 1.00 e. The molecule has 0 N–H and O–H groups in total. The summed E-state index contributed by atoms with van der Waals surface area (Å²) in [6.07, 6.45) is 0. The van der Waals surface area contributed by atoms with Gasteiger partial charge in [0.15, 0.2) is 0 Å². The van der Waals surface area contributed by atoms with Crippen molar-refractivity contribution in [2.24, 2.45) is 4.40 Å². The van der Waals surface area contributed by atoms with Gasteiger partial charge in [0.05, 0.1) is 0 Å². The normalized spacial score (nSPS) is 11.2. The fourth-order valence-electron chi connectivity index (χ4n) is 1.39. The second-order valence-electron chi connectivity index (χ2n) is 3.58. The standard InChI is InChI=1S/C13H9ClNO3S.Li.Na/c14-11-8-4-5-9-12(11)19(17,18)15-13(16)10-6-2-1-3-7-10;;/h1-8H,(H,15,16);;/q-1;2*+1/p-1. The molecule has 0 saturated heterocycles. The molecule has 21 heavy (non-hydrogen) atoms. The minimum atomic E-state index is -4.15. The fourth-order valence-corrected chi connectivity index (χ4v) is 2.75. The first-order valence-electron chi connectivity index (χ1n) is 5.24. The molecule has 0 aromatic heterocycles. The van der Waals surface area contributed by atoms with Crippen LogP contribution in [0.5, 0.6) is 0 Å². The first-order chi connectivity index (χ1) is 9.00. The van der Waals surface area contributed by atoms with Crippen molar-refractivity contribution in [1.82, 2.24) is 0 Å². The Balaban J connectivity index is 0.00000200. The molecule has 0 bridgehead atoms. The van der Waals surface area contributed by atoms with Gasteiger partial charge < -0.3 is 5.11 Å². The zero-order chi connectivity index (χ0) is 13.9. The molecule has 0 aliphatic heterocycles. The van der Waals surface area contributed by atoms with Gasteiger partial charge in [-0.3, -0.25) is 0 Å². The van der Waals surface area contributed by atoms with Crippen molar-refractivity contribution in [2.45, 2.75) is 4.90 Å². The number of nitrogens with zero attached hydrogens (tertiary/aromatic N) is 1. The van der Waals surface area contributed by atoms with Crippen LogP contribution in [0.25, 0.3) is 0 Å². The van der Waals surface area contributed by atoms with Crippen LogP contribution in [0.4, 0.5) is 0 Å². The molecule has 98 valence electrons. The van der Waals surface area contributed by atoms with Crippen LogP contribution < -0.4 is 53.5 Å². The van der Waals surface area contributed by atoms with Crippen LogP contribution in [0.1, 0.15) is 5.56 Å². The molecular weight excluding hydrogens is 316 g/mol. The maximum absolute atomic E-state index is 11.9. The Morgan fingerprint density at radius 3 is 2.33 bits per heavy atom. The van der Waals surface area contributed by atoms with Gasteiger partial charge >= 0.3 is 48.4 Å². The summed E-state index contributed by atoms with van der Waals surface area (Å²) in [6, 6.07) is 14.7. The van der Waals surface area contributed by atoms with E-state index in [2.05, 4.69) is 10.5 Å². The topological polar surface area (TPSA) is 69.6 Å². The number of halogens is 1. The first kappa shape index (κ1) is 20.7. The molecule has 8 heteroatoms. The molecule has 2 aromatic rings. The molecule has 2 aromatic carbocycles. The molecule has 0 spiro atoms. The van der Waals surface area contributed by atoms with Gasteiger partial charge in [-0.05, 0) is 10.5 Å². The Morgan fingerprint density at radius 1 is 1.14 bits per heavy atom. The summed E-state index contributed by atoms with van der Waals surface area (Å²) in [7, 11) is -4.15. The van der Waals surface area contributed by atoms with Gasteiger partial charge in [0.25, 0.3) is 10.0 Å². The SMILES string of the molecule is O=S(=O)(/N=C(\[O-])c1ccccc1)c1[c-]cccc1Cl.[Li+].[Na+]. The number of rotatable bonds is 3. The third-order valence-electron chi connectivity index (χ3n) is 2.25. The molecule has 0 aliphatic carbocycles. The van der Waals surface area contributed by atoms with E-state index in [1.807, 2.05) is 0 Å². The summed E-state index contributed by atoms with van der Waals surface area (Å²) in [5.41, 5.74) is 0.193. The number of sulfonamides is 1. The Bertz CT molecular complexity index is 723. The van der Waals surface area contributed by atoms with E-state index in [9.17, 15) is 13.5 Å². The summed E-state index contributed by atoms with van der Waals surface area (Å²) in [5, 5.41) is 11.7. The van der Waals surface area contributed by atoms with E-state index >= 15 is 0 Å². The van der Waals surface area contributed by atoms with Crippen molar-refractivity contribution in [2.75, 3.05) is 0 Å². The minimum Gasteiger partial charge on any atom is -0.858 e. The molecule has 2 rings (SSSR count). The maximum Gasteiger partial charge on any atom is 1.00 e. The van der Waals surface area contributed by atoms with Crippen LogP contribution >= 0.6 is 11.6 Å². The summed E-state index contributed by atoms with van der Waals surface area (Å²) < 4.78 is 27.1. The van der Waals surface area contributed by atoms with Crippen molar-refractivity contribution in [3.63, 3.8) is 0 Å². The second-order valence-corrected chi connectivity index (χ2v) is 5.53. The van der Waals surface area contributed by atoms with Gasteiger partial charge in [-0.1, -0.05) is 35.4 Å².